The van der Waals surface area contributed by atoms with E-state index in [-0.39, 0.29) is 6.04 Å². The molecule has 0 radical (unpaired) electrons. The molecule has 1 unspecified atom stereocenters. The zero-order chi connectivity index (χ0) is 18.6. The smallest absolute Gasteiger partial charge is 0.475 e. The molecule has 3 rings (SSSR count). The van der Waals surface area contributed by atoms with E-state index in [1.807, 2.05) is 13.0 Å². The van der Waals surface area contributed by atoms with Crippen molar-refractivity contribution in [3.63, 3.8) is 0 Å². The Kier molecular flexibility index (Phi) is 5.64. The molecule has 0 amide bonds. The molecule has 1 saturated heterocycles. The summed E-state index contributed by atoms with van der Waals surface area (Å²) in [6.45, 7) is 3.30. The number of ether oxygens (including phenoxy) is 1. The minimum Gasteiger partial charge on any atom is -0.475 e. The highest BCUT2D eigenvalue weighted by molar-refractivity contribution is 5.73. The predicted octanol–water partition coefficient (Wildman–Crippen LogP) is 0.824. The van der Waals surface area contributed by atoms with Crippen LogP contribution in [0.5, 0.6) is 0 Å². The Hall–Kier alpha value is -2.60. The molecule has 0 spiro atoms. The topological polar surface area (TPSA) is 129 Å². The van der Waals surface area contributed by atoms with Crippen LogP contribution in [0.25, 0.3) is 5.82 Å². The average molecular weight is 360 g/mol. The van der Waals surface area contributed by atoms with E-state index in [0.717, 1.165) is 5.69 Å². The molecule has 0 aromatic carbocycles. The molecule has 0 saturated carbocycles. The zero-order valence-corrected chi connectivity index (χ0v) is 13.0. The van der Waals surface area contributed by atoms with Crippen LogP contribution in [-0.4, -0.2) is 55.2 Å². The molecule has 3 heterocycles. The summed E-state index contributed by atoms with van der Waals surface area (Å²) in [5, 5.41) is 11.3. The van der Waals surface area contributed by atoms with Gasteiger partial charge in [0.05, 0.1) is 24.9 Å². The van der Waals surface area contributed by atoms with E-state index in [0.29, 0.717) is 30.8 Å². The molecule has 0 bridgehead atoms. The first-order chi connectivity index (χ1) is 11.7. The zero-order valence-electron chi connectivity index (χ0n) is 13.0. The SMILES string of the molecule is CC(N)c1ncnn1-c1cc(C2COC2)ncn1.O=C(O)C(F)(F)F. The van der Waals surface area contributed by atoms with Gasteiger partial charge in [0.15, 0.2) is 11.6 Å². The van der Waals surface area contributed by atoms with Gasteiger partial charge in [-0.1, -0.05) is 0 Å². The first-order valence-corrected chi connectivity index (χ1v) is 7.05. The summed E-state index contributed by atoms with van der Waals surface area (Å²) in [5.74, 6) is -1.03. The van der Waals surface area contributed by atoms with Gasteiger partial charge in [0.25, 0.3) is 0 Å². The molecule has 2 aromatic heterocycles. The molecule has 2 aromatic rings. The van der Waals surface area contributed by atoms with Gasteiger partial charge < -0.3 is 15.6 Å². The predicted molar refractivity (Wildman–Crippen MR) is 76.8 cm³/mol. The van der Waals surface area contributed by atoms with Crippen LogP contribution in [0, 0.1) is 0 Å². The molecular weight excluding hydrogens is 345 g/mol. The first kappa shape index (κ1) is 18.7. The number of carbonyl (C=O) groups is 1. The second-order valence-electron chi connectivity index (χ2n) is 5.16. The number of carboxylic acid groups (broad SMARTS) is 1. The van der Waals surface area contributed by atoms with E-state index < -0.39 is 12.1 Å². The molecule has 25 heavy (non-hydrogen) atoms. The normalized spacial score (nSPS) is 15.7. The second-order valence-corrected chi connectivity index (χ2v) is 5.16. The van der Waals surface area contributed by atoms with Crippen molar-refractivity contribution in [1.29, 1.82) is 0 Å². The molecule has 1 aliphatic rings. The lowest BCUT2D eigenvalue weighted by molar-refractivity contribution is -0.192. The van der Waals surface area contributed by atoms with Crippen LogP contribution in [0.2, 0.25) is 0 Å². The maximum atomic E-state index is 10.6. The summed E-state index contributed by atoms with van der Waals surface area (Å²) in [4.78, 5) is 21.5. The Bertz CT molecular complexity index is 730. The Morgan fingerprint density at radius 1 is 1.36 bits per heavy atom. The summed E-state index contributed by atoms with van der Waals surface area (Å²) in [6.07, 6.45) is -2.07. The van der Waals surface area contributed by atoms with Gasteiger partial charge in [0.2, 0.25) is 0 Å². The summed E-state index contributed by atoms with van der Waals surface area (Å²) < 4.78 is 38.6. The van der Waals surface area contributed by atoms with Crippen molar-refractivity contribution in [3.8, 4) is 5.82 Å². The number of hydrogen-bond donors (Lipinski definition) is 2. The molecule has 1 fully saturated rings. The van der Waals surface area contributed by atoms with Gasteiger partial charge in [-0.3, -0.25) is 0 Å². The molecule has 0 aliphatic carbocycles. The van der Waals surface area contributed by atoms with Crippen LogP contribution >= 0.6 is 0 Å². The lowest BCUT2D eigenvalue weighted by Gasteiger charge is -2.25. The van der Waals surface area contributed by atoms with Gasteiger partial charge in [-0.15, -0.1) is 0 Å². The quantitative estimate of drug-likeness (QED) is 0.823. The van der Waals surface area contributed by atoms with E-state index >= 15 is 0 Å². The van der Waals surface area contributed by atoms with Gasteiger partial charge >= 0.3 is 12.1 Å². The highest BCUT2D eigenvalue weighted by Gasteiger charge is 2.38. The lowest BCUT2D eigenvalue weighted by Crippen LogP contribution is -2.26. The van der Waals surface area contributed by atoms with Crippen molar-refractivity contribution in [2.45, 2.75) is 25.1 Å². The highest BCUT2D eigenvalue weighted by atomic mass is 19.4. The Balaban J connectivity index is 0.000000277. The molecular formula is C13H15F3N6O3. The minimum atomic E-state index is -5.08. The largest absolute Gasteiger partial charge is 0.490 e. The van der Waals surface area contributed by atoms with Crippen LogP contribution in [0.4, 0.5) is 13.2 Å². The molecule has 1 aliphatic heterocycles. The number of nitrogens with zero attached hydrogens (tertiary/aromatic N) is 5. The molecule has 136 valence electrons. The van der Waals surface area contributed by atoms with Crippen LogP contribution in [0.1, 0.15) is 30.4 Å². The maximum absolute atomic E-state index is 10.6. The van der Waals surface area contributed by atoms with Crippen LogP contribution in [0.3, 0.4) is 0 Å². The minimum absolute atomic E-state index is 0.196. The Morgan fingerprint density at radius 3 is 2.48 bits per heavy atom. The standard InChI is InChI=1S/C11H14N6O.C2HF3O2/c1-7(12)11-15-6-16-17(11)10-2-9(13-5-14-10)8-3-18-4-8;3-2(4,5)1(6)7/h2,5-8H,3-4,12H2,1H3;(H,6,7). The molecule has 12 heteroatoms. The number of nitrogens with two attached hydrogens (primary N) is 1. The average Bonchev–Trinajstić information content (AvgIpc) is 2.95. The maximum Gasteiger partial charge on any atom is 0.490 e. The summed E-state index contributed by atoms with van der Waals surface area (Å²) in [5.41, 5.74) is 6.81. The van der Waals surface area contributed by atoms with Crippen molar-refractivity contribution < 1.29 is 27.8 Å². The van der Waals surface area contributed by atoms with Gasteiger partial charge in [-0.25, -0.2) is 19.7 Å². The molecule has 9 nitrogen and oxygen atoms in total. The number of alkyl halides is 3. The number of halogens is 3. The van der Waals surface area contributed by atoms with E-state index in [2.05, 4.69) is 20.1 Å². The van der Waals surface area contributed by atoms with E-state index in [1.54, 1.807) is 4.68 Å². The van der Waals surface area contributed by atoms with Crippen LogP contribution < -0.4 is 5.73 Å². The van der Waals surface area contributed by atoms with E-state index in [4.69, 9.17) is 20.4 Å². The fourth-order valence-electron chi connectivity index (χ4n) is 1.84. The number of aromatic nitrogens is 5. The lowest BCUT2D eigenvalue weighted by atomic mass is 10.0. The van der Waals surface area contributed by atoms with Gasteiger partial charge in [0, 0.05) is 12.0 Å². The van der Waals surface area contributed by atoms with Crippen molar-refractivity contribution in [2.75, 3.05) is 13.2 Å². The Morgan fingerprint density at radius 2 is 2.00 bits per heavy atom. The van der Waals surface area contributed by atoms with Crippen molar-refractivity contribution in [2.24, 2.45) is 5.73 Å². The monoisotopic (exact) mass is 360 g/mol. The third-order valence-corrected chi connectivity index (χ3v) is 3.17. The Labute approximate surface area is 139 Å². The van der Waals surface area contributed by atoms with E-state index in [1.165, 1.54) is 12.7 Å². The highest BCUT2D eigenvalue weighted by Crippen LogP contribution is 2.23. The first-order valence-electron chi connectivity index (χ1n) is 7.05. The van der Waals surface area contributed by atoms with Gasteiger partial charge in [0.1, 0.15) is 12.7 Å². The van der Waals surface area contributed by atoms with Gasteiger partial charge in [-0.2, -0.15) is 23.0 Å². The fourth-order valence-corrected chi connectivity index (χ4v) is 1.84. The summed E-state index contributed by atoms with van der Waals surface area (Å²) in [7, 11) is 0. The van der Waals surface area contributed by atoms with Crippen LogP contribution in [0.15, 0.2) is 18.7 Å². The third kappa shape index (κ3) is 4.70. The third-order valence-electron chi connectivity index (χ3n) is 3.17. The number of hydrogen-bond acceptors (Lipinski definition) is 7. The molecule has 3 N–H and O–H groups in total. The van der Waals surface area contributed by atoms with Crippen molar-refractivity contribution in [1.82, 2.24) is 24.7 Å². The van der Waals surface area contributed by atoms with E-state index in [9.17, 15) is 13.2 Å². The van der Waals surface area contributed by atoms with Gasteiger partial charge in [-0.05, 0) is 6.92 Å². The molecule has 1 atom stereocenters. The number of carboxylic acids is 1. The summed E-state index contributed by atoms with van der Waals surface area (Å²) in [6, 6.07) is 1.71. The number of aliphatic carboxylic acids is 1. The summed E-state index contributed by atoms with van der Waals surface area (Å²) >= 11 is 0. The van der Waals surface area contributed by atoms with Crippen molar-refractivity contribution in [3.05, 3.63) is 30.2 Å². The van der Waals surface area contributed by atoms with Crippen molar-refractivity contribution >= 4 is 5.97 Å². The second kappa shape index (κ2) is 7.53. The fraction of sp³-hybridized carbons (Fsp3) is 0.462. The number of rotatable bonds is 3. The van der Waals surface area contributed by atoms with Crippen LogP contribution in [-0.2, 0) is 9.53 Å².